The summed E-state index contributed by atoms with van der Waals surface area (Å²) < 4.78 is 14.4. The Hall–Kier alpha value is -1.09. The Labute approximate surface area is 120 Å². The van der Waals surface area contributed by atoms with Gasteiger partial charge in [-0.05, 0) is 62.1 Å². The molecule has 0 bridgehead atoms. The van der Waals surface area contributed by atoms with Gasteiger partial charge in [-0.15, -0.1) is 0 Å². The second-order valence-electron chi connectivity index (χ2n) is 6.77. The molecule has 0 saturated heterocycles. The van der Waals surface area contributed by atoms with E-state index >= 15 is 0 Å². The van der Waals surface area contributed by atoms with Crippen LogP contribution in [0.15, 0.2) is 18.2 Å². The van der Waals surface area contributed by atoms with Gasteiger partial charge < -0.3 is 10.2 Å². The maximum Gasteiger partial charge on any atom is 0.146 e. The van der Waals surface area contributed by atoms with Crippen molar-refractivity contribution in [1.82, 2.24) is 5.32 Å². The maximum absolute atomic E-state index is 14.4. The lowest BCUT2D eigenvalue weighted by molar-refractivity contribution is 0.603. The highest BCUT2D eigenvalue weighted by Gasteiger charge is 2.34. The summed E-state index contributed by atoms with van der Waals surface area (Å²) in [6.07, 6.45) is 7.67. The van der Waals surface area contributed by atoms with Crippen molar-refractivity contribution in [3.8, 4) is 0 Å². The average molecular weight is 274 g/mol. The molecule has 0 radical (unpaired) electrons. The van der Waals surface area contributed by atoms with Crippen LogP contribution in [0.3, 0.4) is 0 Å². The fourth-order valence-corrected chi connectivity index (χ4v) is 2.85. The molecule has 3 saturated carbocycles. The van der Waals surface area contributed by atoms with Crippen LogP contribution in [0.2, 0.25) is 0 Å². The molecular weight excluding hydrogens is 251 g/mol. The molecule has 2 nitrogen and oxygen atoms in total. The van der Waals surface area contributed by atoms with Gasteiger partial charge in [0.1, 0.15) is 5.82 Å². The molecule has 0 spiro atoms. The van der Waals surface area contributed by atoms with Crippen molar-refractivity contribution in [1.29, 1.82) is 0 Å². The minimum atomic E-state index is -0.0346. The smallest absolute Gasteiger partial charge is 0.146 e. The lowest BCUT2D eigenvalue weighted by Crippen LogP contribution is -2.29. The van der Waals surface area contributed by atoms with Gasteiger partial charge in [-0.1, -0.05) is 6.07 Å². The zero-order chi connectivity index (χ0) is 13.5. The van der Waals surface area contributed by atoms with Crippen LogP contribution < -0.4 is 10.2 Å². The van der Waals surface area contributed by atoms with Gasteiger partial charge in [-0.25, -0.2) is 4.39 Å². The van der Waals surface area contributed by atoms with Gasteiger partial charge in [0.05, 0.1) is 5.69 Å². The number of rotatable bonds is 7. The molecule has 3 fully saturated rings. The van der Waals surface area contributed by atoms with E-state index in [1.165, 1.54) is 38.5 Å². The molecule has 20 heavy (non-hydrogen) atoms. The van der Waals surface area contributed by atoms with E-state index in [4.69, 9.17) is 0 Å². The van der Waals surface area contributed by atoms with E-state index in [9.17, 15) is 4.39 Å². The second-order valence-corrected chi connectivity index (χ2v) is 6.77. The Bertz CT molecular complexity index is 490. The lowest BCUT2D eigenvalue weighted by Gasteiger charge is -2.25. The second kappa shape index (κ2) is 5.03. The van der Waals surface area contributed by atoms with Crippen molar-refractivity contribution in [2.75, 3.05) is 11.4 Å². The Morgan fingerprint density at radius 1 is 1.10 bits per heavy atom. The monoisotopic (exact) mass is 274 g/mol. The van der Waals surface area contributed by atoms with Gasteiger partial charge in [0.2, 0.25) is 0 Å². The number of anilines is 1. The first kappa shape index (κ1) is 12.6. The van der Waals surface area contributed by atoms with E-state index in [0.717, 1.165) is 30.3 Å². The molecule has 0 heterocycles. The van der Waals surface area contributed by atoms with E-state index in [2.05, 4.69) is 16.3 Å². The van der Waals surface area contributed by atoms with Crippen molar-refractivity contribution in [2.45, 2.75) is 57.2 Å². The highest BCUT2D eigenvalue weighted by Crippen LogP contribution is 2.38. The molecule has 3 aliphatic carbocycles. The van der Waals surface area contributed by atoms with Crippen molar-refractivity contribution >= 4 is 5.69 Å². The third kappa shape index (κ3) is 2.98. The van der Waals surface area contributed by atoms with Crippen molar-refractivity contribution in [3.63, 3.8) is 0 Å². The summed E-state index contributed by atoms with van der Waals surface area (Å²) >= 11 is 0. The molecule has 1 aromatic carbocycles. The van der Waals surface area contributed by atoms with Crippen molar-refractivity contribution < 1.29 is 4.39 Å². The summed E-state index contributed by atoms with van der Waals surface area (Å²) in [5, 5.41) is 3.45. The first-order valence-electron chi connectivity index (χ1n) is 8.08. The summed E-state index contributed by atoms with van der Waals surface area (Å²) in [6.45, 7) is 1.86. The molecule has 0 aliphatic heterocycles. The topological polar surface area (TPSA) is 15.3 Å². The van der Waals surface area contributed by atoms with Gasteiger partial charge in [-0.2, -0.15) is 0 Å². The minimum absolute atomic E-state index is 0.0346. The fraction of sp³-hybridized carbons (Fsp3) is 0.647. The summed E-state index contributed by atoms with van der Waals surface area (Å²) in [5.74, 6) is 0.777. The predicted molar refractivity (Wildman–Crippen MR) is 79.4 cm³/mol. The zero-order valence-corrected chi connectivity index (χ0v) is 11.9. The van der Waals surface area contributed by atoms with Crippen molar-refractivity contribution in [3.05, 3.63) is 29.6 Å². The van der Waals surface area contributed by atoms with Crippen LogP contribution in [0.1, 0.15) is 44.1 Å². The molecule has 0 atom stereocenters. The van der Waals surface area contributed by atoms with E-state index in [1.54, 1.807) is 6.07 Å². The Morgan fingerprint density at radius 3 is 2.50 bits per heavy atom. The molecular formula is C17H23FN2. The highest BCUT2D eigenvalue weighted by atomic mass is 19.1. The minimum Gasteiger partial charge on any atom is -0.366 e. The van der Waals surface area contributed by atoms with Crippen LogP contribution in [-0.4, -0.2) is 18.6 Å². The Kier molecular flexibility index (Phi) is 3.18. The summed E-state index contributed by atoms with van der Waals surface area (Å²) in [5.41, 5.74) is 1.90. The molecule has 4 rings (SSSR count). The van der Waals surface area contributed by atoms with Gasteiger partial charge >= 0.3 is 0 Å². The van der Waals surface area contributed by atoms with Gasteiger partial charge in [-0.3, -0.25) is 0 Å². The van der Waals surface area contributed by atoms with E-state index in [-0.39, 0.29) is 5.82 Å². The molecule has 3 heteroatoms. The summed E-state index contributed by atoms with van der Waals surface area (Å²) in [4.78, 5) is 2.32. The molecule has 3 aliphatic rings. The van der Waals surface area contributed by atoms with Crippen LogP contribution in [-0.2, 0) is 6.54 Å². The largest absolute Gasteiger partial charge is 0.366 e. The number of nitrogens with zero attached hydrogens (tertiary/aromatic N) is 1. The third-order valence-corrected chi connectivity index (χ3v) is 4.63. The van der Waals surface area contributed by atoms with Crippen LogP contribution in [0.5, 0.6) is 0 Å². The SMILES string of the molecule is Fc1cc(CNC2CC2)ccc1N(CC1CC1)C1CC1. The first-order chi connectivity index (χ1) is 9.79. The van der Waals surface area contributed by atoms with Crippen molar-refractivity contribution in [2.24, 2.45) is 5.92 Å². The number of hydrogen-bond acceptors (Lipinski definition) is 2. The molecule has 1 N–H and O–H groups in total. The van der Waals surface area contributed by atoms with E-state index in [1.807, 2.05) is 6.07 Å². The maximum atomic E-state index is 14.4. The third-order valence-electron chi connectivity index (χ3n) is 4.63. The van der Waals surface area contributed by atoms with Gasteiger partial charge in [0.15, 0.2) is 0 Å². The van der Waals surface area contributed by atoms with Crippen LogP contribution in [0, 0.1) is 11.7 Å². The van der Waals surface area contributed by atoms with Crippen LogP contribution >= 0.6 is 0 Å². The molecule has 1 aromatic rings. The Balaban J connectivity index is 1.47. The van der Waals surface area contributed by atoms with Gasteiger partial charge in [0.25, 0.3) is 0 Å². The fourth-order valence-electron chi connectivity index (χ4n) is 2.85. The zero-order valence-electron chi connectivity index (χ0n) is 11.9. The predicted octanol–water partition coefficient (Wildman–Crippen LogP) is 3.46. The summed E-state index contributed by atoms with van der Waals surface area (Å²) in [7, 11) is 0. The number of nitrogens with one attached hydrogen (secondary N) is 1. The lowest BCUT2D eigenvalue weighted by atomic mass is 10.1. The number of hydrogen-bond donors (Lipinski definition) is 1. The molecule has 0 unspecified atom stereocenters. The highest BCUT2D eigenvalue weighted by molar-refractivity contribution is 5.51. The molecule has 0 aromatic heterocycles. The van der Waals surface area contributed by atoms with Crippen LogP contribution in [0.25, 0.3) is 0 Å². The van der Waals surface area contributed by atoms with E-state index in [0.29, 0.717) is 12.1 Å². The summed E-state index contributed by atoms with van der Waals surface area (Å²) in [6, 6.07) is 7.10. The molecule has 0 amide bonds. The Morgan fingerprint density at radius 2 is 1.90 bits per heavy atom. The average Bonchev–Trinajstić information content (AvgIpc) is 3.24. The van der Waals surface area contributed by atoms with E-state index < -0.39 is 0 Å². The number of halogens is 1. The van der Waals surface area contributed by atoms with Gasteiger partial charge in [0, 0.05) is 25.2 Å². The molecule has 108 valence electrons. The normalized spacial score (nSPS) is 22.1. The van der Waals surface area contributed by atoms with Crippen LogP contribution in [0.4, 0.5) is 10.1 Å². The first-order valence-corrected chi connectivity index (χ1v) is 8.08. The standard InChI is InChI=1S/C17H23FN2/c18-16-9-13(10-19-14-4-5-14)3-8-17(16)20(15-6-7-15)11-12-1-2-12/h3,8-9,12,14-15,19H,1-2,4-7,10-11H2. The number of benzene rings is 1. The quantitative estimate of drug-likeness (QED) is 0.819.